The van der Waals surface area contributed by atoms with Crippen molar-refractivity contribution in [2.75, 3.05) is 11.5 Å². The molecule has 4 nitrogen and oxygen atoms in total. The molecule has 1 aliphatic carbocycles. The Morgan fingerprint density at radius 1 is 1.00 bits per heavy atom. The fraction of sp³-hybridized carbons (Fsp3) is 0.941. The van der Waals surface area contributed by atoms with Crippen LogP contribution in [0.15, 0.2) is 0 Å². The second-order valence-corrected chi connectivity index (χ2v) is 8.78. The molecule has 2 unspecified atom stereocenters. The van der Waals surface area contributed by atoms with Gasteiger partial charge in [-0.25, -0.2) is 4.79 Å². The molecule has 2 fully saturated rings. The third-order valence-corrected chi connectivity index (χ3v) is 5.44. The summed E-state index contributed by atoms with van der Waals surface area (Å²) in [4.78, 5) is 12.1. The van der Waals surface area contributed by atoms with Crippen molar-refractivity contribution < 1.29 is 9.53 Å². The highest BCUT2D eigenvalue weighted by atomic mass is 32.2. The van der Waals surface area contributed by atoms with E-state index in [4.69, 9.17) is 4.74 Å². The second kappa shape index (κ2) is 8.44. The number of thioether (sulfide) groups is 1. The first-order chi connectivity index (χ1) is 10.4. The number of hydrogen-bond donors (Lipinski definition) is 2. The molecule has 1 heterocycles. The van der Waals surface area contributed by atoms with Crippen molar-refractivity contribution in [1.29, 1.82) is 0 Å². The Hall–Kier alpha value is -0.420. The Balaban J connectivity index is 1.90. The van der Waals surface area contributed by atoms with Crippen LogP contribution in [0.5, 0.6) is 0 Å². The van der Waals surface area contributed by atoms with Gasteiger partial charge in [0.15, 0.2) is 0 Å². The van der Waals surface area contributed by atoms with Crippen LogP contribution in [0, 0.1) is 0 Å². The third kappa shape index (κ3) is 6.37. The summed E-state index contributed by atoms with van der Waals surface area (Å²) in [5.74, 6) is 2.52. The molecule has 0 aromatic rings. The molecule has 1 saturated carbocycles. The van der Waals surface area contributed by atoms with E-state index in [1.54, 1.807) is 0 Å². The summed E-state index contributed by atoms with van der Waals surface area (Å²) >= 11 is 2.05. The van der Waals surface area contributed by atoms with Crippen molar-refractivity contribution in [3.05, 3.63) is 0 Å². The van der Waals surface area contributed by atoms with Gasteiger partial charge < -0.3 is 15.4 Å². The Bertz CT molecular complexity index is 351. The molecule has 1 saturated heterocycles. The zero-order chi connectivity index (χ0) is 16.0. The van der Waals surface area contributed by atoms with Crippen molar-refractivity contribution >= 4 is 17.9 Å². The van der Waals surface area contributed by atoms with Crippen molar-refractivity contribution in [1.82, 2.24) is 10.6 Å². The zero-order valence-electron chi connectivity index (χ0n) is 14.3. The first kappa shape index (κ1) is 17.9. The summed E-state index contributed by atoms with van der Waals surface area (Å²) < 4.78 is 5.44. The van der Waals surface area contributed by atoms with Gasteiger partial charge >= 0.3 is 6.09 Å². The molecule has 128 valence electrons. The van der Waals surface area contributed by atoms with Crippen LogP contribution >= 0.6 is 11.8 Å². The molecule has 22 heavy (non-hydrogen) atoms. The highest BCUT2D eigenvalue weighted by Gasteiger charge is 2.29. The van der Waals surface area contributed by atoms with E-state index in [0.717, 1.165) is 12.8 Å². The molecule has 0 spiro atoms. The van der Waals surface area contributed by atoms with E-state index in [0.29, 0.717) is 12.1 Å². The van der Waals surface area contributed by atoms with Gasteiger partial charge in [0, 0.05) is 18.1 Å². The molecule has 1 aliphatic heterocycles. The normalized spacial score (nSPS) is 28.0. The number of carbonyl (C=O) groups is 1. The fourth-order valence-electron chi connectivity index (χ4n) is 3.31. The van der Waals surface area contributed by atoms with Gasteiger partial charge in [0.1, 0.15) is 5.60 Å². The first-order valence-corrected chi connectivity index (χ1v) is 9.93. The minimum Gasteiger partial charge on any atom is -0.444 e. The summed E-state index contributed by atoms with van der Waals surface area (Å²) in [7, 11) is 0. The predicted octanol–water partition coefficient (Wildman–Crippen LogP) is 3.70. The van der Waals surface area contributed by atoms with E-state index in [1.807, 2.05) is 20.8 Å². The molecule has 5 heteroatoms. The third-order valence-electron chi connectivity index (χ3n) is 4.39. The van der Waals surface area contributed by atoms with Gasteiger partial charge in [-0.3, -0.25) is 0 Å². The molecule has 0 radical (unpaired) electrons. The predicted molar refractivity (Wildman–Crippen MR) is 93.5 cm³/mol. The average molecular weight is 329 g/mol. The van der Waals surface area contributed by atoms with Crippen LogP contribution in [0.25, 0.3) is 0 Å². The van der Waals surface area contributed by atoms with Crippen molar-refractivity contribution in [3.63, 3.8) is 0 Å². The van der Waals surface area contributed by atoms with Crippen LogP contribution in [-0.2, 0) is 4.74 Å². The van der Waals surface area contributed by atoms with E-state index in [2.05, 4.69) is 22.4 Å². The molecule has 1 amide bonds. The lowest BCUT2D eigenvalue weighted by Crippen LogP contribution is -2.53. The maximum Gasteiger partial charge on any atom is 0.407 e. The Kier molecular flexibility index (Phi) is 6.87. The number of carbonyl (C=O) groups excluding carboxylic acids is 1. The van der Waals surface area contributed by atoms with Gasteiger partial charge in [-0.15, -0.1) is 0 Å². The van der Waals surface area contributed by atoms with E-state index in [9.17, 15) is 4.79 Å². The quantitative estimate of drug-likeness (QED) is 0.776. The second-order valence-electron chi connectivity index (χ2n) is 7.55. The zero-order valence-corrected chi connectivity index (χ0v) is 15.1. The van der Waals surface area contributed by atoms with Gasteiger partial charge in [-0.2, -0.15) is 11.8 Å². The summed E-state index contributed by atoms with van der Waals surface area (Å²) in [6.07, 6.45) is 8.16. The molecule has 2 N–H and O–H groups in total. The van der Waals surface area contributed by atoms with Gasteiger partial charge in [0.2, 0.25) is 0 Å². The minimum atomic E-state index is -0.432. The number of alkyl carbamates (subject to hydrolysis) is 1. The van der Waals surface area contributed by atoms with Gasteiger partial charge in [0.25, 0.3) is 0 Å². The largest absolute Gasteiger partial charge is 0.444 e. The lowest BCUT2D eigenvalue weighted by molar-refractivity contribution is 0.0487. The fourth-order valence-corrected chi connectivity index (χ4v) is 4.41. The molecule has 2 aliphatic rings. The lowest BCUT2D eigenvalue weighted by Gasteiger charge is -2.33. The number of rotatable bonds is 3. The Labute approximate surface area is 139 Å². The number of hydrogen-bond acceptors (Lipinski definition) is 4. The molecular formula is C17H32N2O2S. The van der Waals surface area contributed by atoms with E-state index in [1.165, 1.54) is 43.6 Å². The summed E-state index contributed by atoms with van der Waals surface area (Å²) in [5.41, 5.74) is -0.432. The maximum atomic E-state index is 12.1. The van der Waals surface area contributed by atoms with Crippen LogP contribution < -0.4 is 10.6 Å². The van der Waals surface area contributed by atoms with Crippen molar-refractivity contribution in [3.8, 4) is 0 Å². The molecule has 2 rings (SSSR count). The molecular weight excluding hydrogens is 296 g/mol. The Morgan fingerprint density at radius 2 is 1.64 bits per heavy atom. The van der Waals surface area contributed by atoms with Crippen molar-refractivity contribution in [2.24, 2.45) is 0 Å². The Morgan fingerprint density at radius 3 is 2.27 bits per heavy atom. The van der Waals surface area contributed by atoms with Gasteiger partial charge in [-0.1, -0.05) is 19.3 Å². The maximum absolute atomic E-state index is 12.1. The molecule has 2 atom stereocenters. The molecule has 0 aromatic heterocycles. The summed E-state index contributed by atoms with van der Waals surface area (Å²) in [5, 5.41) is 6.96. The highest BCUT2D eigenvalue weighted by molar-refractivity contribution is 7.99. The SMILES string of the molecule is CC(C)(C)OC(=O)NC1CCCCCC1NC1CCSCC1. The number of nitrogens with one attached hydrogen (secondary N) is 2. The van der Waals surface area contributed by atoms with E-state index < -0.39 is 5.60 Å². The van der Waals surface area contributed by atoms with Crippen LogP contribution in [0.1, 0.15) is 65.7 Å². The molecule has 0 aromatic carbocycles. The van der Waals surface area contributed by atoms with Gasteiger partial charge in [-0.05, 0) is 58.0 Å². The number of ether oxygens (including phenoxy) is 1. The standard InChI is InChI=1S/C17H32N2O2S/c1-17(2,3)21-16(20)19-15-8-6-4-5-7-14(15)18-13-9-11-22-12-10-13/h13-15,18H,4-12H2,1-3H3,(H,19,20). The van der Waals surface area contributed by atoms with E-state index >= 15 is 0 Å². The van der Waals surface area contributed by atoms with Crippen LogP contribution in [0.3, 0.4) is 0 Å². The molecule has 0 bridgehead atoms. The highest BCUT2D eigenvalue weighted by Crippen LogP contribution is 2.23. The first-order valence-electron chi connectivity index (χ1n) is 8.77. The lowest BCUT2D eigenvalue weighted by atomic mass is 10.0. The number of amides is 1. The van der Waals surface area contributed by atoms with Crippen molar-refractivity contribution in [2.45, 2.75) is 89.4 Å². The topological polar surface area (TPSA) is 50.4 Å². The monoisotopic (exact) mass is 328 g/mol. The van der Waals surface area contributed by atoms with Crippen LogP contribution in [-0.4, -0.2) is 41.3 Å². The average Bonchev–Trinajstić information content (AvgIpc) is 2.64. The summed E-state index contributed by atoms with van der Waals surface area (Å²) in [6.45, 7) is 5.74. The summed E-state index contributed by atoms with van der Waals surface area (Å²) in [6, 6.07) is 1.21. The van der Waals surface area contributed by atoms with Crippen LogP contribution in [0.4, 0.5) is 4.79 Å². The minimum absolute atomic E-state index is 0.201. The van der Waals surface area contributed by atoms with Gasteiger partial charge in [0.05, 0.1) is 0 Å². The van der Waals surface area contributed by atoms with Crippen LogP contribution in [0.2, 0.25) is 0 Å². The smallest absolute Gasteiger partial charge is 0.407 e. The van der Waals surface area contributed by atoms with E-state index in [-0.39, 0.29) is 12.1 Å².